The minimum absolute atomic E-state index is 0.502. The molecular formula is C15H10ClIN4S. The lowest BCUT2D eigenvalue weighted by molar-refractivity contribution is 0.877. The number of thiophene rings is 1. The Labute approximate surface area is 150 Å². The van der Waals surface area contributed by atoms with Gasteiger partial charge in [0.2, 0.25) is 0 Å². The molecule has 0 unspecified atom stereocenters. The fourth-order valence-electron chi connectivity index (χ4n) is 2.50. The maximum absolute atomic E-state index is 6.39. The number of hydrogen-bond donors (Lipinski definition) is 0. The lowest BCUT2D eigenvalue weighted by Crippen LogP contribution is -2.04. The van der Waals surface area contributed by atoms with Gasteiger partial charge in [-0.3, -0.25) is 9.56 Å². The van der Waals surface area contributed by atoms with E-state index >= 15 is 0 Å². The first-order valence-corrected chi connectivity index (χ1v) is 9.37. The molecule has 0 amide bonds. The zero-order valence-corrected chi connectivity index (χ0v) is 15.1. The minimum Gasteiger partial charge on any atom is -0.276 e. The molecule has 2 aromatic heterocycles. The Morgan fingerprint density at radius 3 is 2.95 bits per heavy atom. The molecule has 4 nitrogen and oxygen atoms in total. The van der Waals surface area contributed by atoms with Crippen molar-refractivity contribution >= 4 is 51.2 Å². The van der Waals surface area contributed by atoms with E-state index in [-0.39, 0.29) is 0 Å². The summed E-state index contributed by atoms with van der Waals surface area (Å²) in [5.74, 6) is 0.852. The van der Waals surface area contributed by atoms with Gasteiger partial charge in [-0.25, -0.2) is 0 Å². The van der Waals surface area contributed by atoms with Crippen LogP contribution in [-0.4, -0.2) is 20.5 Å². The van der Waals surface area contributed by atoms with Crippen molar-refractivity contribution in [3.63, 3.8) is 0 Å². The second-order valence-corrected chi connectivity index (χ2v) is 7.11. The number of fused-ring (bicyclic) bond motifs is 3. The first-order valence-electron chi connectivity index (χ1n) is 6.65. The van der Waals surface area contributed by atoms with Crippen LogP contribution in [0.5, 0.6) is 0 Å². The predicted octanol–water partition coefficient (Wildman–Crippen LogP) is 4.27. The minimum atomic E-state index is 0.502. The average molecular weight is 441 g/mol. The summed E-state index contributed by atoms with van der Waals surface area (Å²) in [6.07, 6.45) is 1.76. The van der Waals surface area contributed by atoms with E-state index in [9.17, 15) is 0 Å². The highest BCUT2D eigenvalue weighted by Gasteiger charge is 2.23. The summed E-state index contributed by atoms with van der Waals surface area (Å²) >= 11 is 10.5. The highest BCUT2D eigenvalue weighted by molar-refractivity contribution is 14.1. The van der Waals surface area contributed by atoms with E-state index in [1.807, 2.05) is 28.8 Å². The van der Waals surface area contributed by atoms with Crippen LogP contribution in [0.25, 0.3) is 5.00 Å². The molecule has 0 atom stereocenters. The van der Waals surface area contributed by atoms with Gasteiger partial charge in [0.1, 0.15) is 17.9 Å². The molecule has 110 valence electrons. The Kier molecular flexibility index (Phi) is 3.75. The monoisotopic (exact) mass is 440 g/mol. The van der Waals surface area contributed by atoms with Crippen molar-refractivity contribution in [1.29, 1.82) is 0 Å². The van der Waals surface area contributed by atoms with Gasteiger partial charge in [-0.05, 0) is 12.1 Å². The van der Waals surface area contributed by atoms with Gasteiger partial charge in [0, 0.05) is 25.5 Å². The van der Waals surface area contributed by atoms with Crippen LogP contribution >= 0.6 is 45.5 Å². The van der Waals surface area contributed by atoms with Crippen LogP contribution in [0, 0.1) is 0 Å². The molecule has 0 aliphatic carbocycles. The number of rotatable bonds is 2. The fourth-order valence-corrected chi connectivity index (χ4v) is 4.41. The second kappa shape index (κ2) is 5.75. The standard InChI is InChI=1S/C15H10ClIN4S/c16-12-4-2-1-3-10(12)14-11-5-9(6-17)22-15(11)21-8-19-20-13(21)7-18-14/h1-5,8H,6-7H2. The smallest absolute Gasteiger partial charge is 0.159 e. The molecular weight excluding hydrogens is 431 g/mol. The Balaban J connectivity index is 1.97. The molecule has 0 spiro atoms. The summed E-state index contributed by atoms with van der Waals surface area (Å²) in [4.78, 5) is 6.07. The summed E-state index contributed by atoms with van der Waals surface area (Å²) in [6, 6.07) is 10.0. The van der Waals surface area contributed by atoms with E-state index < -0.39 is 0 Å². The summed E-state index contributed by atoms with van der Waals surface area (Å²) < 4.78 is 2.99. The van der Waals surface area contributed by atoms with Gasteiger partial charge in [-0.2, -0.15) is 0 Å². The van der Waals surface area contributed by atoms with E-state index in [1.54, 1.807) is 17.7 Å². The maximum atomic E-state index is 6.39. The Morgan fingerprint density at radius 2 is 2.14 bits per heavy atom. The van der Waals surface area contributed by atoms with Gasteiger partial charge >= 0.3 is 0 Å². The number of alkyl halides is 1. The number of benzene rings is 1. The van der Waals surface area contributed by atoms with Crippen molar-refractivity contribution in [3.8, 4) is 5.00 Å². The van der Waals surface area contributed by atoms with E-state index in [0.29, 0.717) is 11.6 Å². The van der Waals surface area contributed by atoms with E-state index in [0.717, 1.165) is 32.1 Å². The van der Waals surface area contributed by atoms with Crippen LogP contribution in [-0.2, 0) is 11.0 Å². The lowest BCUT2D eigenvalue weighted by Gasteiger charge is -2.07. The molecule has 0 saturated heterocycles. The van der Waals surface area contributed by atoms with Crippen molar-refractivity contribution < 1.29 is 0 Å². The lowest BCUT2D eigenvalue weighted by atomic mass is 10.0. The third-order valence-corrected chi connectivity index (χ3v) is 6.30. The Bertz CT molecular complexity index is 883. The molecule has 0 saturated carbocycles. The van der Waals surface area contributed by atoms with Crippen LogP contribution in [0.3, 0.4) is 0 Å². The van der Waals surface area contributed by atoms with Crippen LogP contribution < -0.4 is 0 Å². The molecule has 1 aromatic carbocycles. The van der Waals surface area contributed by atoms with Gasteiger partial charge < -0.3 is 0 Å². The molecule has 0 N–H and O–H groups in total. The molecule has 3 aromatic rings. The highest BCUT2D eigenvalue weighted by Crippen LogP contribution is 2.34. The van der Waals surface area contributed by atoms with Gasteiger partial charge in [0.25, 0.3) is 0 Å². The molecule has 1 aliphatic rings. The Hall–Kier alpha value is -1.25. The zero-order valence-electron chi connectivity index (χ0n) is 11.3. The second-order valence-electron chi connectivity index (χ2n) is 4.83. The van der Waals surface area contributed by atoms with E-state index in [4.69, 9.17) is 16.6 Å². The van der Waals surface area contributed by atoms with E-state index in [1.165, 1.54) is 4.88 Å². The molecule has 0 radical (unpaired) electrons. The van der Waals surface area contributed by atoms with Crippen LogP contribution in [0.4, 0.5) is 0 Å². The third-order valence-electron chi connectivity index (χ3n) is 3.50. The Morgan fingerprint density at radius 1 is 1.27 bits per heavy atom. The summed E-state index contributed by atoms with van der Waals surface area (Å²) in [5.41, 5.74) is 2.99. The SMILES string of the molecule is Clc1ccccc1C1=NCc2nncn2-c2sc(CI)cc21. The molecule has 1 aliphatic heterocycles. The number of halogens is 2. The number of aromatic nitrogens is 3. The fraction of sp³-hybridized carbons (Fsp3) is 0.133. The number of aliphatic imine (C=N–C) groups is 1. The maximum Gasteiger partial charge on any atom is 0.159 e. The predicted molar refractivity (Wildman–Crippen MR) is 97.8 cm³/mol. The first kappa shape index (κ1) is 14.3. The van der Waals surface area contributed by atoms with Gasteiger partial charge in [-0.1, -0.05) is 52.4 Å². The zero-order chi connectivity index (χ0) is 15.1. The molecule has 0 fully saturated rings. The van der Waals surface area contributed by atoms with Crippen LogP contribution in [0.15, 0.2) is 41.7 Å². The molecule has 22 heavy (non-hydrogen) atoms. The van der Waals surface area contributed by atoms with Crippen molar-refractivity contribution in [1.82, 2.24) is 14.8 Å². The summed E-state index contributed by atoms with van der Waals surface area (Å²) in [5, 5.41) is 10.0. The largest absolute Gasteiger partial charge is 0.276 e. The quantitative estimate of drug-likeness (QED) is 0.441. The van der Waals surface area contributed by atoms with Crippen molar-refractivity contribution in [2.75, 3.05) is 0 Å². The van der Waals surface area contributed by atoms with Crippen LogP contribution in [0.2, 0.25) is 5.02 Å². The van der Waals surface area contributed by atoms with Crippen molar-refractivity contribution in [2.45, 2.75) is 11.0 Å². The molecule has 3 heterocycles. The molecule has 7 heteroatoms. The topological polar surface area (TPSA) is 43.1 Å². The van der Waals surface area contributed by atoms with E-state index in [2.05, 4.69) is 38.9 Å². The number of hydrogen-bond acceptors (Lipinski definition) is 4. The molecule has 0 bridgehead atoms. The average Bonchev–Trinajstić information content (AvgIpc) is 3.13. The van der Waals surface area contributed by atoms with Gasteiger partial charge in [0.15, 0.2) is 5.82 Å². The summed E-state index contributed by atoms with van der Waals surface area (Å²) in [6.45, 7) is 0.502. The van der Waals surface area contributed by atoms with Crippen molar-refractivity contribution in [2.24, 2.45) is 4.99 Å². The normalized spacial score (nSPS) is 13.3. The first-order chi connectivity index (χ1) is 10.8. The summed E-state index contributed by atoms with van der Waals surface area (Å²) in [7, 11) is 0. The van der Waals surface area contributed by atoms with Crippen LogP contribution in [0.1, 0.15) is 21.8 Å². The highest BCUT2D eigenvalue weighted by atomic mass is 127. The molecule has 4 rings (SSSR count). The van der Waals surface area contributed by atoms with Gasteiger partial charge in [-0.15, -0.1) is 21.5 Å². The van der Waals surface area contributed by atoms with Gasteiger partial charge in [0.05, 0.1) is 5.71 Å². The third kappa shape index (κ3) is 2.29. The van der Waals surface area contributed by atoms with Crippen molar-refractivity contribution in [3.05, 3.63) is 63.5 Å². The number of nitrogens with zero attached hydrogens (tertiary/aromatic N) is 4.